The van der Waals surface area contributed by atoms with Crippen LogP contribution in [0.4, 0.5) is 0 Å². The number of aromatic amines is 1. The van der Waals surface area contributed by atoms with Gasteiger partial charge < -0.3 is 10.1 Å². The average Bonchev–Trinajstić information content (AvgIpc) is 3.38. The summed E-state index contributed by atoms with van der Waals surface area (Å²) in [7, 11) is 0. The molecule has 0 amide bonds. The Balaban J connectivity index is 1.61. The zero-order valence-corrected chi connectivity index (χ0v) is 24.2. The van der Waals surface area contributed by atoms with Crippen LogP contribution in [0.1, 0.15) is 44.6 Å². The molecule has 0 saturated heterocycles. The number of carbonyl (C=O) groups is 1. The minimum atomic E-state index is -1.26. The Morgan fingerprint density at radius 2 is 1.26 bits per heavy atom. The summed E-state index contributed by atoms with van der Waals surface area (Å²) in [6.45, 7) is 8.52. The molecular weight excluding hydrogens is 516 g/mol. The molecule has 0 aliphatic heterocycles. The largest absolute Gasteiger partial charge is 0.477 e. The molecule has 2 N–H and O–H groups in total. The van der Waals surface area contributed by atoms with Gasteiger partial charge in [0.25, 0.3) is 0 Å². The van der Waals surface area contributed by atoms with E-state index in [-0.39, 0.29) is 5.57 Å². The molecule has 0 aliphatic carbocycles. The van der Waals surface area contributed by atoms with Crippen molar-refractivity contribution in [2.75, 3.05) is 0 Å². The summed E-state index contributed by atoms with van der Waals surface area (Å²) in [5.41, 5.74) is 13.5. The van der Waals surface area contributed by atoms with Crippen LogP contribution in [0.2, 0.25) is 0 Å². The first-order valence-electron chi connectivity index (χ1n) is 13.8. The summed E-state index contributed by atoms with van der Waals surface area (Å²) >= 11 is 0. The van der Waals surface area contributed by atoms with Crippen LogP contribution in [0.25, 0.3) is 40.1 Å². The van der Waals surface area contributed by atoms with Crippen molar-refractivity contribution in [3.8, 4) is 28.5 Å². The molecule has 0 aliphatic rings. The third-order valence-corrected chi connectivity index (χ3v) is 7.15. The molecule has 5 rings (SSSR count). The van der Waals surface area contributed by atoms with Gasteiger partial charge in [0.2, 0.25) is 0 Å². The van der Waals surface area contributed by atoms with Gasteiger partial charge in [0, 0.05) is 11.3 Å². The number of benzene rings is 4. The molecule has 0 spiro atoms. The number of rotatable bonds is 7. The van der Waals surface area contributed by atoms with Crippen LogP contribution < -0.4 is 0 Å². The van der Waals surface area contributed by atoms with Crippen LogP contribution in [-0.4, -0.2) is 16.1 Å². The SMILES string of the molecule is Cc1cc(C)cc(C(=Cc2ccc(-c3[nH]c(/C=C(/C#N)C(=O)O)cc3-c3ccccc3)cc2)c2cc(C)cc(C)c2)c1. The molecule has 5 aromatic rings. The molecule has 4 nitrogen and oxygen atoms in total. The second-order valence-corrected chi connectivity index (χ2v) is 10.8. The van der Waals surface area contributed by atoms with E-state index in [4.69, 9.17) is 0 Å². The number of hydrogen-bond acceptors (Lipinski definition) is 2. The Bertz CT molecular complexity index is 1790. The van der Waals surface area contributed by atoms with Crippen molar-refractivity contribution in [2.24, 2.45) is 0 Å². The zero-order valence-electron chi connectivity index (χ0n) is 24.2. The normalized spacial score (nSPS) is 11.2. The van der Waals surface area contributed by atoms with Gasteiger partial charge in [0.05, 0.1) is 5.69 Å². The molecule has 1 heterocycles. The molecule has 0 atom stereocenters. The number of carboxylic acid groups (broad SMARTS) is 1. The molecule has 1 aromatic heterocycles. The summed E-state index contributed by atoms with van der Waals surface area (Å²) in [4.78, 5) is 14.8. The van der Waals surface area contributed by atoms with Gasteiger partial charge in [-0.25, -0.2) is 4.79 Å². The molecule has 206 valence electrons. The Kier molecular flexibility index (Phi) is 8.04. The first kappa shape index (κ1) is 28.1. The first-order valence-corrected chi connectivity index (χ1v) is 13.8. The van der Waals surface area contributed by atoms with Crippen molar-refractivity contribution in [3.63, 3.8) is 0 Å². The smallest absolute Gasteiger partial charge is 0.346 e. The summed E-state index contributed by atoms with van der Waals surface area (Å²) < 4.78 is 0. The van der Waals surface area contributed by atoms with Gasteiger partial charge in [-0.3, -0.25) is 0 Å². The summed E-state index contributed by atoms with van der Waals surface area (Å²) in [6, 6.07) is 35.2. The molecule has 0 unspecified atom stereocenters. The number of hydrogen-bond donors (Lipinski definition) is 2. The van der Waals surface area contributed by atoms with Gasteiger partial charge >= 0.3 is 5.97 Å². The predicted molar refractivity (Wildman–Crippen MR) is 172 cm³/mol. The van der Waals surface area contributed by atoms with Crippen molar-refractivity contribution in [3.05, 3.63) is 147 Å². The molecule has 4 aromatic carbocycles. The number of aliphatic carboxylic acids is 1. The van der Waals surface area contributed by atoms with Gasteiger partial charge in [0.1, 0.15) is 11.6 Å². The van der Waals surface area contributed by atoms with E-state index in [2.05, 4.69) is 99.4 Å². The topological polar surface area (TPSA) is 76.9 Å². The lowest BCUT2D eigenvalue weighted by Gasteiger charge is -2.13. The molecule has 4 heteroatoms. The average molecular weight is 549 g/mol. The molecule has 0 bridgehead atoms. The van der Waals surface area contributed by atoms with E-state index < -0.39 is 5.97 Å². The standard InChI is InChI=1S/C38H32N2O2/c1-24-14-25(2)17-31(16-24)35(32-18-26(3)15-27(4)19-32)20-28-10-12-30(13-11-28)37-36(29-8-6-5-7-9-29)22-34(40-37)21-33(23-39)38(41)42/h5-22,40H,1-4H3,(H,41,42)/b33-21-. The van der Waals surface area contributed by atoms with Gasteiger partial charge in [-0.15, -0.1) is 0 Å². The second-order valence-electron chi connectivity index (χ2n) is 10.8. The van der Waals surface area contributed by atoms with Gasteiger partial charge in [-0.05, 0) is 79.3 Å². The third kappa shape index (κ3) is 6.32. The second kappa shape index (κ2) is 12.0. The molecule has 0 fully saturated rings. The minimum absolute atomic E-state index is 0.326. The van der Waals surface area contributed by atoms with Crippen molar-refractivity contribution in [1.82, 2.24) is 4.98 Å². The highest BCUT2D eigenvalue weighted by molar-refractivity contribution is 5.97. The number of nitrogens with zero attached hydrogens (tertiary/aromatic N) is 1. The number of nitrogens with one attached hydrogen (secondary N) is 1. The first-order chi connectivity index (χ1) is 20.2. The third-order valence-electron chi connectivity index (χ3n) is 7.15. The quantitative estimate of drug-likeness (QED) is 0.121. The van der Waals surface area contributed by atoms with Crippen molar-refractivity contribution in [1.29, 1.82) is 5.26 Å². The Morgan fingerprint density at radius 3 is 1.76 bits per heavy atom. The maximum absolute atomic E-state index is 11.5. The van der Waals surface area contributed by atoms with E-state index in [0.717, 1.165) is 33.5 Å². The number of H-pyrrole nitrogens is 1. The fourth-order valence-corrected chi connectivity index (χ4v) is 5.43. The summed E-state index contributed by atoms with van der Waals surface area (Å²) in [6.07, 6.45) is 3.61. The van der Waals surface area contributed by atoms with E-state index in [1.807, 2.05) is 36.4 Å². The van der Waals surface area contributed by atoms with E-state index >= 15 is 0 Å². The fourth-order valence-electron chi connectivity index (χ4n) is 5.43. The van der Waals surface area contributed by atoms with Crippen LogP contribution in [0.15, 0.2) is 103 Å². The van der Waals surface area contributed by atoms with Crippen LogP contribution in [0.3, 0.4) is 0 Å². The fraction of sp³-hybridized carbons (Fsp3) is 0.105. The Hall–Kier alpha value is -5.40. The maximum atomic E-state index is 11.5. The predicted octanol–water partition coefficient (Wildman–Crippen LogP) is 9.16. The molecular formula is C38H32N2O2. The van der Waals surface area contributed by atoms with E-state index in [9.17, 15) is 15.2 Å². The zero-order chi connectivity index (χ0) is 29.8. The van der Waals surface area contributed by atoms with Crippen molar-refractivity contribution >= 4 is 23.7 Å². The maximum Gasteiger partial charge on any atom is 0.346 e. The van der Waals surface area contributed by atoms with Crippen LogP contribution in [0, 0.1) is 39.0 Å². The van der Waals surface area contributed by atoms with E-state index in [0.29, 0.717) is 5.69 Å². The van der Waals surface area contributed by atoms with E-state index in [1.54, 1.807) is 6.07 Å². The number of aryl methyl sites for hydroxylation is 4. The lowest BCUT2D eigenvalue weighted by Crippen LogP contribution is -1.97. The number of carboxylic acids is 1. The Morgan fingerprint density at radius 1 is 0.714 bits per heavy atom. The molecule has 0 radical (unpaired) electrons. The lowest BCUT2D eigenvalue weighted by molar-refractivity contribution is -0.132. The summed E-state index contributed by atoms with van der Waals surface area (Å²) in [5, 5.41) is 18.6. The summed E-state index contributed by atoms with van der Waals surface area (Å²) in [5.74, 6) is -1.26. The van der Waals surface area contributed by atoms with Crippen molar-refractivity contribution < 1.29 is 9.90 Å². The highest BCUT2D eigenvalue weighted by atomic mass is 16.4. The van der Waals surface area contributed by atoms with Gasteiger partial charge in [-0.1, -0.05) is 113 Å². The van der Waals surface area contributed by atoms with Crippen LogP contribution in [-0.2, 0) is 4.79 Å². The minimum Gasteiger partial charge on any atom is -0.477 e. The van der Waals surface area contributed by atoms with Gasteiger partial charge in [0.15, 0.2) is 0 Å². The monoisotopic (exact) mass is 548 g/mol. The van der Waals surface area contributed by atoms with Crippen LogP contribution in [0.5, 0.6) is 0 Å². The van der Waals surface area contributed by atoms with Crippen LogP contribution >= 0.6 is 0 Å². The highest BCUT2D eigenvalue weighted by Crippen LogP contribution is 2.35. The van der Waals surface area contributed by atoms with Gasteiger partial charge in [-0.2, -0.15) is 5.26 Å². The van der Waals surface area contributed by atoms with Crippen molar-refractivity contribution in [2.45, 2.75) is 27.7 Å². The highest BCUT2D eigenvalue weighted by Gasteiger charge is 2.14. The molecule has 42 heavy (non-hydrogen) atoms. The molecule has 0 saturated carbocycles. The Labute approximate surface area is 246 Å². The lowest BCUT2D eigenvalue weighted by atomic mass is 9.91. The number of aromatic nitrogens is 1. The van der Waals surface area contributed by atoms with E-state index in [1.165, 1.54) is 39.5 Å². The number of nitriles is 1.